The Kier molecular flexibility index (Phi) is 8.51. The molecule has 0 spiro atoms. The molecular weight excluding hydrogens is 586 g/mol. The Morgan fingerprint density at radius 1 is 0.667 bits per heavy atom. The highest BCUT2D eigenvalue weighted by Crippen LogP contribution is 2.29. The molecule has 4 aromatic rings. The van der Waals surface area contributed by atoms with Crippen LogP contribution >= 0.6 is 46.4 Å². The van der Waals surface area contributed by atoms with Gasteiger partial charge in [-0.25, -0.2) is 0 Å². The van der Waals surface area contributed by atoms with E-state index in [1.54, 1.807) is 50.5 Å². The molecule has 2 aromatic heterocycles. The van der Waals surface area contributed by atoms with Crippen LogP contribution in [0, 0.1) is 0 Å². The van der Waals surface area contributed by atoms with Crippen LogP contribution in [-0.4, -0.2) is 39.2 Å². The van der Waals surface area contributed by atoms with Crippen LogP contribution in [0.3, 0.4) is 0 Å². The van der Waals surface area contributed by atoms with Crippen molar-refractivity contribution in [2.45, 2.75) is 0 Å². The third kappa shape index (κ3) is 5.89. The number of carbonyl (C=O) groups excluding carboxylic acids is 4. The van der Waals surface area contributed by atoms with Crippen molar-refractivity contribution in [1.82, 2.24) is 19.8 Å². The predicted octanol–water partition coefficient (Wildman–Crippen LogP) is 5.56. The Morgan fingerprint density at radius 3 is 1.44 bits per heavy atom. The molecule has 0 radical (unpaired) electrons. The summed E-state index contributed by atoms with van der Waals surface area (Å²) in [5.74, 6) is -1.82. The number of hydrogen-bond acceptors (Lipinski definition) is 4. The molecule has 0 fully saturated rings. The van der Waals surface area contributed by atoms with Crippen molar-refractivity contribution in [3.63, 3.8) is 0 Å². The summed E-state index contributed by atoms with van der Waals surface area (Å²) in [4.78, 5) is 51.3. The first-order valence-corrected chi connectivity index (χ1v) is 12.9. The molecule has 4 rings (SSSR count). The van der Waals surface area contributed by atoms with Gasteiger partial charge in [0.05, 0.1) is 26.8 Å². The molecule has 39 heavy (non-hydrogen) atoms. The van der Waals surface area contributed by atoms with E-state index in [-0.39, 0.29) is 60.4 Å². The van der Waals surface area contributed by atoms with Crippen molar-refractivity contribution >= 4 is 69.8 Å². The summed E-state index contributed by atoms with van der Waals surface area (Å²) in [5.41, 5.74) is 1.30. The molecule has 0 aliphatic carbocycles. The zero-order valence-electron chi connectivity index (χ0n) is 20.5. The van der Waals surface area contributed by atoms with Crippen molar-refractivity contribution < 1.29 is 19.2 Å². The van der Waals surface area contributed by atoms with E-state index >= 15 is 0 Å². The maximum absolute atomic E-state index is 12.9. The van der Waals surface area contributed by atoms with Crippen molar-refractivity contribution in [3.8, 4) is 0 Å². The van der Waals surface area contributed by atoms with Crippen LogP contribution in [0.5, 0.6) is 0 Å². The molecule has 0 saturated carbocycles. The summed E-state index contributed by atoms with van der Waals surface area (Å²) in [6, 6.07) is 12.3. The molecule has 2 heterocycles. The van der Waals surface area contributed by atoms with E-state index in [1.165, 1.54) is 33.7 Å². The van der Waals surface area contributed by atoms with Crippen LogP contribution < -0.4 is 10.6 Å². The van der Waals surface area contributed by atoms with Gasteiger partial charge in [0.1, 0.15) is 11.4 Å². The molecule has 0 saturated heterocycles. The van der Waals surface area contributed by atoms with Crippen LogP contribution in [-0.2, 0) is 14.1 Å². The summed E-state index contributed by atoms with van der Waals surface area (Å²) < 4.78 is 2.97. The van der Waals surface area contributed by atoms with E-state index in [0.717, 1.165) is 0 Å². The first kappa shape index (κ1) is 28.4. The molecule has 2 N–H and O–H groups in total. The van der Waals surface area contributed by atoms with E-state index < -0.39 is 23.4 Å². The van der Waals surface area contributed by atoms with Crippen molar-refractivity contribution in [2.75, 3.05) is 6.67 Å². The third-order valence-electron chi connectivity index (χ3n) is 5.89. The summed E-state index contributed by atoms with van der Waals surface area (Å²) in [7, 11) is 3.22. The second kappa shape index (κ2) is 11.7. The Morgan fingerprint density at radius 2 is 1.05 bits per heavy atom. The van der Waals surface area contributed by atoms with Crippen LogP contribution in [0.15, 0.2) is 60.9 Å². The quantitative estimate of drug-likeness (QED) is 0.203. The molecule has 200 valence electrons. The lowest BCUT2D eigenvalue weighted by molar-refractivity contribution is 0.0910. The fourth-order valence-corrected chi connectivity index (χ4v) is 4.66. The van der Waals surface area contributed by atoms with Crippen LogP contribution in [0.4, 0.5) is 0 Å². The minimum absolute atomic E-state index is 0.128. The smallest absolute Gasteiger partial charge is 0.269 e. The number of amides is 2. The van der Waals surface area contributed by atoms with Crippen LogP contribution in [0.25, 0.3) is 0 Å². The number of rotatable bonds is 8. The van der Waals surface area contributed by atoms with Crippen molar-refractivity contribution in [2.24, 2.45) is 14.1 Å². The molecule has 0 bridgehead atoms. The number of aromatic nitrogens is 2. The number of nitrogens with zero attached hydrogens (tertiary/aromatic N) is 2. The zero-order chi connectivity index (χ0) is 28.4. The number of ketones is 2. The second-order valence-electron chi connectivity index (χ2n) is 8.50. The van der Waals surface area contributed by atoms with E-state index in [0.29, 0.717) is 0 Å². The molecule has 2 amide bonds. The monoisotopic (exact) mass is 604 g/mol. The fourth-order valence-electron chi connectivity index (χ4n) is 3.88. The normalized spacial score (nSPS) is 10.8. The molecule has 0 aliphatic rings. The largest absolute Gasteiger partial charge is 0.346 e. The highest BCUT2D eigenvalue weighted by atomic mass is 35.5. The molecule has 12 heteroatoms. The SMILES string of the molecule is Cn1cc(C(=O)c2cccc(Cl)c2Cl)cc1C(=O)NCNC(=O)c1cc(C(=O)c2cccc(Cl)c2Cl)cn1C. The average Bonchev–Trinajstić information content (AvgIpc) is 3.49. The summed E-state index contributed by atoms with van der Waals surface area (Å²) in [6.45, 7) is -0.208. The van der Waals surface area contributed by atoms with Crippen molar-refractivity contribution in [3.05, 3.63) is 115 Å². The molecule has 0 atom stereocenters. The maximum Gasteiger partial charge on any atom is 0.269 e. The summed E-state index contributed by atoms with van der Waals surface area (Å²) in [6.07, 6.45) is 3.00. The van der Waals surface area contributed by atoms with E-state index in [9.17, 15) is 19.2 Å². The standard InChI is InChI=1S/C27H20Cl4N4O4/c1-34-11-14(24(36)16-5-3-7-18(28)22(16)30)9-20(34)26(38)32-13-33-27(39)21-10-15(12-35(21)2)25(37)17-6-4-8-19(29)23(17)31/h3-12H,13H2,1-2H3,(H,32,38)(H,33,39). The highest BCUT2D eigenvalue weighted by molar-refractivity contribution is 6.45. The number of carbonyl (C=O) groups is 4. The van der Waals surface area contributed by atoms with Crippen LogP contribution in [0.1, 0.15) is 52.8 Å². The predicted molar refractivity (Wildman–Crippen MR) is 150 cm³/mol. The first-order chi connectivity index (χ1) is 18.5. The minimum atomic E-state index is -0.521. The van der Waals surface area contributed by atoms with E-state index in [1.807, 2.05) is 0 Å². The Bertz CT molecular complexity index is 1520. The molecule has 0 aliphatic heterocycles. The number of hydrogen-bond donors (Lipinski definition) is 2. The highest BCUT2D eigenvalue weighted by Gasteiger charge is 2.21. The molecule has 0 unspecified atom stereocenters. The van der Waals surface area contributed by atoms with Crippen molar-refractivity contribution in [1.29, 1.82) is 0 Å². The molecular formula is C27H20Cl4N4O4. The number of nitrogens with one attached hydrogen (secondary N) is 2. The first-order valence-electron chi connectivity index (χ1n) is 11.4. The lowest BCUT2D eigenvalue weighted by Gasteiger charge is -2.08. The third-order valence-corrected chi connectivity index (χ3v) is 7.53. The lowest BCUT2D eigenvalue weighted by atomic mass is 10.1. The second-order valence-corrected chi connectivity index (χ2v) is 10.1. The topological polar surface area (TPSA) is 102 Å². The molecule has 8 nitrogen and oxygen atoms in total. The van der Waals surface area contributed by atoms with Gasteiger partial charge in [-0.05, 0) is 36.4 Å². The van der Waals surface area contributed by atoms with Gasteiger partial charge < -0.3 is 19.8 Å². The van der Waals surface area contributed by atoms with Gasteiger partial charge in [0.2, 0.25) is 0 Å². The van der Waals surface area contributed by atoms with Crippen LogP contribution in [0.2, 0.25) is 20.1 Å². The fraction of sp³-hybridized carbons (Fsp3) is 0.111. The van der Waals surface area contributed by atoms with Gasteiger partial charge in [0, 0.05) is 48.7 Å². The number of halogens is 4. The Labute approximate surface area is 243 Å². The van der Waals surface area contributed by atoms with Gasteiger partial charge >= 0.3 is 0 Å². The summed E-state index contributed by atoms with van der Waals surface area (Å²) >= 11 is 24.3. The average molecular weight is 606 g/mol. The molecule has 2 aromatic carbocycles. The van der Waals surface area contributed by atoms with Gasteiger partial charge in [-0.15, -0.1) is 0 Å². The van der Waals surface area contributed by atoms with Gasteiger partial charge in [-0.1, -0.05) is 58.5 Å². The Hall–Kier alpha value is -3.56. The number of benzene rings is 2. The summed E-state index contributed by atoms with van der Waals surface area (Å²) in [5, 5.41) is 5.91. The van der Waals surface area contributed by atoms with Gasteiger partial charge in [-0.3, -0.25) is 19.2 Å². The minimum Gasteiger partial charge on any atom is -0.346 e. The maximum atomic E-state index is 12.9. The van der Waals surface area contributed by atoms with E-state index in [2.05, 4.69) is 10.6 Å². The Balaban J connectivity index is 1.40. The zero-order valence-corrected chi connectivity index (χ0v) is 23.5. The van der Waals surface area contributed by atoms with Gasteiger partial charge in [-0.2, -0.15) is 0 Å². The number of aryl methyl sites for hydroxylation is 2. The van der Waals surface area contributed by atoms with E-state index in [4.69, 9.17) is 46.4 Å². The van der Waals surface area contributed by atoms with Gasteiger partial charge in [0.25, 0.3) is 11.8 Å². The lowest BCUT2D eigenvalue weighted by Crippen LogP contribution is -2.38. The van der Waals surface area contributed by atoms with Gasteiger partial charge in [0.15, 0.2) is 11.6 Å².